The van der Waals surface area contributed by atoms with Crippen molar-refractivity contribution in [2.24, 2.45) is 0 Å². The maximum absolute atomic E-state index is 11.6. The van der Waals surface area contributed by atoms with E-state index in [9.17, 15) is 8.42 Å². The van der Waals surface area contributed by atoms with E-state index in [1.807, 2.05) is 13.2 Å². The quantitative estimate of drug-likeness (QED) is 0.703. The average Bonchev–Trinajstić information content (AvgIpc) is 2.75. The minimum Gasteiger partial charge on any atom is -0.334 e. The summed E-state index contributed by atoms with van der Waals surface area (Å²) in [5, 5.41) is 0. The zero-order chi connectivity index (χ0) is 14.5. The molecule has 1 aromatic rings. The van der Waals surface area contributed by atoms with Gasteiger partial charge in [0, 0.05) is 33.0 Å². The van der Waals surface area contributed by atoms with Gasteiger partial charge in [-0.05, 0) is 26.9 Å². The van der Waals surface area contributed by atoms with Crippen LogP contribution in [0.4, 0.5) is 0 Å². The summed E-state index contributed by atoms with van der Waals surface area (Å²) in [7, 11) is 2.03. The second kappa shape index (κ2) is 7.02. The van der Waals surface area contributed by atoms with Gasteiger partial charge in [-0.25, -0.2) is 17.7 Å². The number of nitrogens with zero attached hydrogens (tertiary/aromatic N) is 4. The predicted molar refractivity (Wildman–Crippen MR) is 76.3 cm³/mol. The molecule has 6 nitrogen and oxygen atoms in total. The lowest BCUT2D eigenvalue weighted by Crippen LogP contribution is -2.28. The van der Waals surface area contributed by atoms with Crippen LogP contribution in [-0.2, 0) is 23.1 Å². The lowest BCUT2D eigenvalue weighted by molar-refractivity contribution is 0.313. The molecule has 0 aliphatic carbocycles. The maximum Gasteiger partial charge on any atom is 0.213 e. The fraction of sp³-hybridized carbons (Fsp3) is 0.750. The van der Waals surface area contributed by atoms with Gasteiger partial charge in [0.1, 0.15) is 5.82 Å². The molecule has 0 aliphatic heterocycles. The highest BCUT2D eigenvalue weighted by molar-refractivity contribution is 7.89. The Bertz CT molecular complexity index is 482. The Kier molecular flexibility index (Phi) is 5.96. The molecule has 0 aliphatic rings. The van der Waals surface area contributed by atoms with Crippen molar-refractivity contribution >= 4 is 10.0 Å². The molecule has 0 fully saturated rings. The summed E-state index contributed by atoms with van der Waals surface area (Å²) in [6, 6.07) is 0. The minimum atomic E-state index is -3.08. The second-order valence-electron chi connectivity index (χ2n) is 4.82. The summed E-state index contributed by atoms with van der Waals surface area (Å²) >= 11 is 0. The Morgan fingerprint density at radius 2 is 2.00 bits per heavy atom. The molecule has 110 valence electrons. The first-order valence-electron chi connectivity index (χ1n) is 6.45. The summed E-state index contributed by atoms with van der Waals surface area (Å²) in [5.41, 5.74) is 0. The van der Waals surface area contributed by atoms with Gasteiger partial charge in [-0.3, -0.25) is 4.90 Å². The van der Waals surface area contributed by atoms with Crippen LogP contribution in [0, 0.1) is 0 Å². The van der Waals surface area contributed by atoms with Gasteiger partial charge in [0.25, 0.3) is 0 Å². The van der Waals surface area contributed by atoms with Gasteiger partial charge in [-0.1, -0.05) is 0 Å². The van der Waals surface area contributed by atoms with Crippen molar-refractivity contribution in [3.8, 4) is 0 Å². The number of sulfonamides is 1. The number of hydrogen-bond donors (Lipinski definition) is 0. The van der Waals surface area contributed by atoms with Crippen molar-refractivity contribution in [3.05, 3.63) is 18.2 Å². The summed E-state index contributed by atoms with van der Waals surface area (Å²) in [5.74, 6) is 1.20. The monoisotopic (exact) mass is 288 g/mol. The molecular weight excluding hydrogens is 264 g/mol. The van der Waals surface area contributed by atoms with E-state index < -0.39 is 10.0 Å². The van der Waals surface area contributed by atoms with Crippen molar-refractivity contribution in [3.63, 3.8) is 0 Å². The van der Waals surface area contributed by atoms with Crippen LogP contribution in [0.3, 0.4) is 0 Å². The number of imidazole rings is 1. The third kappa shape index (κ3) is 4.93. The molecule has 0 radical (unpaired) electrons. The molecule has 0 aromatic carbocycles. The van der Waals surface area contributed by atoms with Crippen LogP contribution >= 0.6 is 0 Å². The Morgan fingerprint density at radius 1 is 1.32 bits per heavy atom. The van der Waals surface area contributed by atoms with E-state index in [1.54, 1.807) is 20.3 Å². The van der Waals surface area contributed by atoms with E-state index in [0.717, 1.165) is 25.5 Å². The Labute approximate surface area is 116 Å². The van der Waals surface area contributed by atoms with Crippen molar-refractivity contribution in [2.75, 3.05) is 33.4 Å². The molecular formula is C12H24N4O2S. The van der Waals surface area contributed by atoms with Crippen LogP contribution in [-0.4, -0.2) is 60.6 Å². The number of hydrogen-bond acceptors (Lipinski definition) is 4. The highest BCUT2D eigenvalue weighted by Crippen LogP contribution is 2.03. The van der Waals surface area contributed by atoms with Gasteiger partial charge >= 0.3 is 0 Å². The molecule has 1 aromatic heterocycles. The lowest BCUT2D eigenvalue weighted by Gasteiger charge is -2.17. The van der Waals surface area contributed by atoms with E-state index in [4.69, 9.17) is 0 Å². The van der Waals surface area contributed by atoms with Crippen LogP contribution < -0.4 is 0 Å². The zero-order valence-electron chi connectivity index (χ0n) is 12.2. The smallest absolute Gasteiger partial charge is 0.213 e. The molecule has 0 unspecified atom stereocenters. The number of aromatic nitrogens is 2. The van der Waals surface area contributed by atoms with E-state index >= 15 is 0 Å². The van der Waals surface area contributed by atoms with Gasteiger partial charge < -0.3 is 4.57 Å². The van der Waals surface area contributed by atoms with E-state index in [1.165, 1.54) is 4.31 Å². The molecule has 1 rings (SSSR count). The van der Waals surface area contributed by atoms with E-state index in [0.29, 0.717) is 6.42 Å². The summed E-state index contributed by atoms with van der Waals surface area (Å²) in [4.78, 5) is 6.40. The molecule has 0 atom stereocenters. The van der Waals surface area contributed by atoms with Crippen molar-refractivity contribution in [1.82, 2.24) is 18.8 Å². The fourth-order valence-electron chi connectivity index (χ4n) is 1.80. The Morgan fingerprint density at radius 3 is 2.58 bits per heavy atom. The fourth-order valence-corrected chi connectivity index (χ4v) is 2.66. The summed E-state index contributed by atoms with van der Waals surface area (Å²) < 4.78 is 26.6. The topological polar surface area (TPSA) is 58.4 Å². The van der Waals surface area contributed by atoms with Crippen molar-refractivity contribution in [1.29, 1.82) is 0 Å². The molecule has 0 bridgehead atoms. The molecule has 0 saturated heterocycles. The highest BCUT2D eigenvalue weighted by Gasteiger charge is 2.13. The second-order valence-corrected chi connectivity index (χ2v) is 7.12. The van der Waals surface area contributed by atoms with Gasteiger partial charge in [-0.2, -0.15) is 0 Å². The van der Waals surface area contributed by atoms with Gasteiger partial charge in [0.2, 0.25) is 10.0 Å². The standard InChI is InChI=1S/C12H24N4O2S/c1-5-16-9-7-13-12(16)11-15(4)8-6-10-19(17,18)14(2)3/h7,9H,5-6,8,10-11H2,1-4H3. The first-order chi connectivity index (χ1) is 8.86. The largest absolute Gasteiger partial charge is 0.334 e. The molecule has 19 heavy (non-hydrogen) atoms. The highest BCUT2D eigenvalue weighted by atomic mass is 32.2. The van der Waals surface area contributed by atoms with Crippen LogP contribution in [0.25, 0.3) is 0 Å². The first kappa shape index (κ1) is 16.1. The van der Waals surface area contributed by atoms with Gasteiger partial charge in [-0.15, -0.1) is 0 Å². The SMILES string of the molecule is CCn1ccnc1CN(C)CCCS(=O)(=O)N(C)C. The minimum absolute atomic E-state index is 0.187. The maximum atomic E-state index is 11.6. The molecule has 1 heterocycles. The molecule has 0 spiro atoms. The van der Waals surface area contributed by atoms with Crippen LogP contribution in [0.15, 0.2) is 12.4 Å². The van der Waals surface area contributed by atoms with Crippen LogP contribution in [0.1, 0.15) is 19.2 Å². The van der Waals surface area contributed by atoms with Crippen molar-refractivity contribution in [2.45, 2.75) is 26.4 Å². The average molecular weight is 288 g/mol. The summed E-state index contributed by atoms with van der Waals surface area (Å²) in [6.07, 6.45) is 4.38. The van der Waals surface area contributed by atoms with Gasteiger partial charge in [0.15, 0.2) is 0 Å². The van der Waals surface area contributed by atoms with E-state index in [2.05, 4.69) is 21.4 Å². The molecule has 0 amide bonds. The molecule has 0 N–H and O–H groups in total. The molecule has 7 heteroatoms. The zero-order valence-corrected chi connectivity index (χ0v) is 13.0. The number of rotatable bonds is 8. The molecule has 0 saturated carbocycles. The lowest BCUT2D eigenvalue weighted by atomic mass is 10.4. The Hall–Kier alpha value is -0.920. The van der Waals surface area contributed by atoms with Crippen molar-refractivity contribution < 1.29 is 8.42 Å². The van der Waals surface area contributed by atoms with E-state index in [-0.39, 0.29) is 5.75 Å². The summed E-state index contributed by atoms with van der Waals surface area (Å²) in [6.45, 7) is 4.46. The third-order valence-corrected chi connectivity index (χ3v) is 4.97. The van der Waals surface area contributed by atoms with Gasteiger partial charge in [0.05, 0.1) is 12.3 Å². The number of aryl methyl sites for hydroxylation is 1. The first-order valence-corrected chi connectivity index (χ1v) is 8.06. The van der Waals surface area contributed by atoms with Crippen LogP contribution in [0.2, 0.25) is 0 Å². The Balaban J connectivity index is 2.39. The third-order valence-electron chi connectivity index (χ3n) is 3.05. The predicted octanol–water partition coefficient (Wildman–Crippen LogP) is 0.616. The van der Waals surface area contributed by atoms with Crippen LogP contribution in [0.5, 0.6) is 0 Å². The normalized spacial score (nSPS) is 12.5.